The van der Waals surface area contributed by atoms with Crippen molar-refractivity contribution in [1.29, 1.82) is 0 Å². The first-order chi connectivity index (χ1) is 12.9. The first-order valence-electron chi connectivity index (χ1n) is 7.78. The zero-order valence-corrected chi connectivity index (χ0v) is 15.6. The van der Waals surface area contributed by atoms with E-state index in [0.717, 1.165) is 0 Å². The fourth-order valence-electron chi connectivity index (χ4n) is 2.13. The van der Waals surface area contributed by atoms with Crippen LogP contribution in [0.2, 0.25) is 5.02 Å². The maximum atomic E-state index is 12.4. The average Bonchev–Trinajstić information content (AvgIpc) is 3.10. The summed E-state index contributed by atoms with van der Waals surface area (Å²) in [6, 6.07) is 11.6. The normalized spacial score (nSPS) is 11.2. The van der Waals surface area contributed by atoms with Crippen LogP contribution in [0.25, 0.3) is 11.5 Å². The van der Waals surface area contributed by atoms with E-state index in [0.29, 0.717) is 10.6 Å². The van der Waals surface area contributed by atoms with Gasteiger partial charge in [0.05, 0.1) is 17.1 Å². The first-order valence-corrected chi connectivity index (χ1v) is 9.64. The van der Waals surface area contributed by atoms with E-state index in [4.69, 9.17) is 20.8 Å². The minimum atomic E-state index is -3.96. The highest BCUT2D eigenvalue weighted by atomic mass is 35.5. The van der Waals surface area contributed by atoms with Crippen molar-refractivity contribution in [2.45, 2.75) is 11.8 Å². The van der Waals surface area contributed by atoms with E-state index in [1.165, 1.54) is 24.3 Å². The van der Waals surface area contributed by atoms with Crippen LogP contribution in [0, 0.1) is 0 Å². The molecule has 0 saturated carbocycles. The van der Waals surface area contributed by atoms with E-state index >= 15 is 0 Å². The second kappa shape index (κ2) is 7.77. The Balaban J connectivity index is 1.76. The van der Waals surface area contributed by atoms with Gasteiger partial charge in [-0.3, -0.25) is 0 Å². The number of carbonyl (C=O) groups excluding carboxylic acids is 1. The molecule has 1 heterocycles. The van der Waals surface area contributed by atoms with Crippen molar-refractivity contribution in [2.24, 2.45) is 0 Å². The quantitative estimate of drug-likeness (QED) is 0.623. The van der Waals surface area contributed by atoms with Crippen LogP contribution in [0.5, 0.6) is 0 Å². The summed E-state index contributed by atoms with van der Waals surface area (Å²) < 4.78 is 37.2. The van der Waals surface area contributed by atoms with Crippen molar-refractivity contribution in [3.8, 4) is 11.5 Å². The predicted molar refractivity (Wildman–Crippen MR) is 98.0 cm³/mol. The third-order valence-corrected chi connectivity index (χ3v) is 5.00. The number of anilines is 1. The van der Waals surface area contributed by atoms with Crippen LogP contribution in [0.3, 0.4) is 0 Å². The molecule has 27 heavy (non-hydrogen) atoms. The van der Waals surface area contributed by atoms with Crippen molar-refractivity contribution >= 4 is 33.6 Å². The topological polar surface area (TPSA) is 111 Å². The fraction of sp³-hybridized carbons (Fsp3) is 0.118. The molecule has 3 rings (SSSR count). The molecular weight excluding hydrogens is 394 g/mol. The van der Waals surface area contributed by atoms with E-state index in [-0.39, 0.29) is 29.0 Å². The van der Waals surface area contributed by atoms with E-state index in [1.54, 1.807) is 31.2 Å². The highest BCUT2D eigenvalue weighted by Crippen LogP contribution is 2.23. The second-order valence-electron chi connectivity index (χ2n) is 5.27. The SMILES string of the molecule is CCOC(=O)c1ccc(S(=O)(=O)Nc2nnc(-c3ccc(Cl)cc3)o2)cc1. The number of nitrogens with one attached hydrogen (secondary N) is 1. The smallest absolute Gasteiger partial charge is 0.338 e. The standard InChI is InChI=1S/C17H14ClN3O5S/c1-2-25-16(22)12-5-9-14(10-6-12)27(23,24)21-17-20-19-15(26-17)11-3-7-13(18)8-4-11/h3-10H,2H2,1H3,(H,20,21). The number of ether oxygens (including phenoxy) is 1. The lowest BCUT2D eigenvalue weighted by molar-refractivity contribution is 0.0526. The molecule has 0 aliphatic heterocycles. The molecule has 0 amide bonds. The number of esters is 1. The average molecular weight is 408 g/mol. The summed E-state index contributed by atoms with van der Waals surface area (Å²) in [5, 5.41) is 8.03. The molecule has 0 fully saturated rings. The van der Waals surface area contributed by atoms with Gasteiger partial charge >= 0.3 is 12.0 Å². The van der Waals surface area contributed by atoms with E-state index < -0.39 is 16.0 Å². The van der Waals surface area contributed by atoms with Gasteiger partial charge in [-0.25, -0.2) is 17.9 Å². The molecule has 3 aromatic rings. The van der Waals surface area contributed by atoms with Gasteiger partial charge in [0.2, 0.25) is 5.89 Å². The Morgan fingerprint density at radius 1 is 1.11 bits per heavy atom. The summed E-state index contributed by atoms with van der Waals surface area (Å²) in [6.45, 7) is 1.91. The molecule has 1 aromatic heterocycles. The molecule has 1 N–H and O–H groups in total. The molecule has 0 radical (unpaired) electrons. The molecule has 140 valence electrons. The first kappa shape index (κ1) is 18.9. The van der Waals surface area contributed by atoms with E-state index in [2.05, 4.69) is 14.9 Å². The summed E-state index contributed by atoms with van der Waals surface area (Å²) in [4.78, 5) is 11.6. The number of aromatic nitrogens is 2. The van der Waals surface area contributed by atoms with Crippen LogP contribution in [0.15, 0.2) is 57.8 Å². The van der Waals surface area contributed by atoms with Crippen LogP contribution < -0.4 is 4.72 Å². The van der Waals surface area contributed by atoms with Gasteiger partial charge in [0, 0.05) is 10.6 Å². The molecular formula is C17H14ClN3O5S. The Bertz CT molecular complexity index is 1050. The number of benzene rings is 2. The third-order valence-electron chi connectivity index (χ3n) is 3.41. The van der Waals surface area contributed by atoms with Gasteiger partial charge in [-0.1, -0.05) is 16.7 Å². The molecule has 0 atom stereocenters. The Labute approximate surface area is 160 Å². The lowest BCUT2D eigenvalue weighted by Crippen LogP contribution is -2.13. The zero-order valence-electron chi connectivity index (χ0n) is 14.0. The number of hydrogen-bond donors (Lipinski definition) is 1. The van der Waals surface area contributed by atoms with Crippen LogP contribution in [-0.4, -0.2) is 31.2 Å². The van der Waals surface area contributed by atoms with Crippen molar-refractivity contribution in [3.63, 3.8) is 0 Å². The lowest BCUT2D eigenvalue weighted by Gasteiger charge is -2.05. The highest BCUT2D eigenvalue weighted by molar-refractivity contribution is 7.92. The molecule has 0 aliphatic rings. The zero-order chi connectivity index (χ0) is 19.4. The van der Waals surface area contributed by atoms with Gasteiger partial charge in [0.25, 0.3) is 10.0 Å². The van der Waals surface area contributed by atoms with Gasteiger partial charge in [-0.2, -0.15) is 0 Å². The maximum Gasteiger partial charge on any atom is 0.338 e. The monoisotopic (exact) mass is 407 g/mol. The van der Waals surface area contributed by atoms with Gasteiger partial charge in [-0.15, -0.1) is 5.10 Å². The Kier molecular flexibility index (Phi) is 5.43. The van der Waals surface area contributed by atoms with Gasteiger partial charge < -0.3 is 9.15 Å². The number of hydrogen-bond acceptors (Lipinski definition) is 7. The van der Waals surface area contributed by atoms with Crippen LogP contribution in [0.1, 0.15) is 17.3 Å². The Morgan fingerprint density at radius 3 is 2.41 bits per heavy atom. The van der Waals surface area contributed by atoms with Crippen molar-refractivity contribution in [3.05, 3.63) is 59.1 Å². The minimum absolute atomic E-state index is 0.0678. The molecule has 2 aromatic carbocycles. The minimum Gasteiger partial charge on any atom is -0.462 e. The largest absolute Gasteiger partial charge is 0.462 e. The maximum absolute atomic E-state index is 12.4. The van der Waals surface area contributed by atoms with Gasteiger partial charge in [0.15, 0.2) is 0 Å². The van der Waals surface area contributed by atoms with E-state index in [9.17, 15) is 13.2 Å². The van der Waals surface area contributed by atoms with Crippen molar-refractivity contribution in [2.75, 3.05) is 11.3 Å². The summed E-state index contributed by atoms with van der Waals surface area (Å²) in [7, 11) is -3.96. The summed E-state index contributed by atoms with van der Waals surface area (Å²) in [5.41, 5.74) is 0.842. The molecule has 0 aliphatic carbocycles. The molecule has 0 unspecified atom stereocenters. The summed E-state index contributed by atoms with van der Waals surface area (Å²) >= 11 is 5.82. The van der Waals surface area contributed by atoms with Crippen molar-refractivity contribution < 1.29 is 22.4 Å². The van der Waals surface area contributed by atoms with E-state index in [1.807, 2.05) is 0 Å². The Morgan fingerprint density at radius 2 is 1.78 bits per heavy atom. The molecule has 0 saturated heterocycles. The Hall–Kier alpha value is -2.91. The number of nitrogens with zero attached hydrogens (tertiary/aromatic N) is 2. The number of sulfonamides is 1. The molecule has 0 bridgehead atoms. The molecule has 8 nitrogen and oxygen atoms in total. The fourth-order valence-corrected chi connectivity index (χ4v) is 3.18. The van der Waals surface area contributed by atoms with Gasteiger partial charge in [-0.05, 0) is 55.5 Å². The number of halogens is 1. The van der Waals surface area contributed by atoms with Crippen LogP contribution in [0.4, 0.5) is 6.01 Å². The van der Waals surface area contributed by atoms with Crippen LogP contribution >= 0.6 is 11.6 Å². The number of rotatable bonds is 6. The molecule has 10 heteroatoms. The summed E-state index contributed by atoms with van der Waals surface area (Å²) in [5.74, 6) is -0.388. The third kappa shape index (κ3) is 4.44. The summed E-state index contributed by atoms with van der Waals surface area (Å²) in [6.07, 6.45) is 0. The number of carbonyl (C=O) groups is 1. The lowest BCUT2D eigenvalue weighted by atomic mass is 10.2. The molecule has 0 spiro atoms. The second-order valence-corrected chi connectivity index (χ2v) is 7.39. The highest BCUT2D eigenvalue weighted by Gasteiger charge is 2.19. The predicted octanol–water partition coefficient (Wildman–Crippen LogP) is 3.37. The van der Waals surface area contributed by atoms with Crippen LogP contribution in [-0.2, 0) is 14.8 Å². The van der Waals surface area contributed by atoms with Crippen molar-refractivity contribution in [1.82, 2.24) is 10.2 Å². The van der Waals surface area contributed by atoms with Gasteiger partial charge in [0.1, 0.15) is 0 Å².